The number of fused-ring (bicyclic) bond motifs is 1. The van der Waals surface area contributed by atoms with E-state index in [1.54, 1.807) is 29.9 Å². The Morgan fingerprint density at radius 2 is 2.17 bits per heavy atom. The third-order valence-electron chi connectivity index (χ3n) is 5.66. The van der Waals surface area contributed by atoms with Crippen molar-refractivity contribution in [1.29, 1.82) is 0 Å². The number of aryl methyl sites for hydroxylation is 1. The maximum atomic E-state index is 12.9. The van der Waals surface area contributed by atoms with E-state index in [0.717, 1.165) is 24.2 Å². The molecule has 5 rings (SSSR count). The van der Waals surface area contributed by atoms with Crippen LogP contribution in [0.15, 0.2) is 69.4 Å². The van der Waals surface area contributed by atoms with Gasteiger partial charge in [-0.3, -0.25) is 14.2 Å². The fraction of sp³-hybridized carbons (Fsp3) is 0.208. The molecule has 1 amide bonds. The van der Waals surface area contributed by atoms with E-state index in [1.165, 1.54) is 11.9 Å². The van der Waals surface area contributed by atoms with Crippen molar-refractivity contribution in [2.75, 3.05) is 25.5 Å². The van der Waals surface area contributed by atoms with Crippen LogP contribution in [0.5, 0.6) is 0 Å². The molecule has 3 aromatic heterocycles. The number of aliphatic imine (C=N–C) groups is 1. The largest absolute Gasteiger partial charge is 0.392 e. The van der Waals surface area contributed by atoms with Gasteiger partial charge in [0.05, 0.1) is 17.1 Å². The van der Waals surface area contributed by atoms with Gasteiger partial charge >= 0.3 is 0 Å². The summed E-state index contributed by atoms with van der Waals surface area (Å²) in [6.07, 6.45) is 6.81. The Morgan fingerprint density at radius 1 is 1.31 bits per heavy atom. The molecule has 1 aliphatic rings. The third kappa shape index (κ3) is 4.81. The summed E-state index contributed by atoms with van der Waals surface area (Å²) in [5, 5.41) is 7.83. The number of carbonyl (C=O) groups is 1. The van der Waals surface area contributed by atoms with Crippen molar-refractivity contribution in [2.24, 2.45) is 10.7 Å². The van der Waals surface area contributed by atoms with Crippen molar-refractivity contribution in [1.82, 2.24) is 23.8 Å². The van der Waals surface area contributed by atoms with Gasteiger partial charge in [0.2, 0.25) is 11.7 Å². The molecule has 3 N–H and O–H groups in total. The quantitative estimate of drug-likeness (QED) is 0.299. The minimum Gasteiger partial charge on any atom is -0.392 e. The van der Waals surface area contributed by atoms with Crippen LogP contribution in [0.3, 0.4) is 0 Å². The highest BCUT2D eigenvalue weighted by Crippen LogP contribution is 2.34. The lowest BCUT2D eigenvalue weighted by atomic mass is 10.0. The first-order chi connectivity index (χ1) is 17.0. The first-order valence-electron chi connectivity index (χ1n) is 11.0. The number of carbonyl (C=O) groups excluding carboxylic acids is 1. The molecule has 11 heteroatoms. The predicted molar refractivity (Wildman–Crippen MR) is 136 cm³/mol. The van der Waals surface area contributed by atoms with Crippen molar-refractivity contribution in [3.63, 3.8) is 0 Å². The second-order valence-corrected chi connectivity index (χ2v) is 9.29. The summed E-state index contributed by atoms with van der Waals surface area (Å²) in [6, 6.07) is 11.3. The second-order valence-electron chi connectivity index (χ2n) is 8.12. The fourth-order valence-electron chi connectivity index (χ4n) is 3.70. The zero-order valence-corrected chi connectivity index (χ0v) is 20.1. The van der Waals surface area contributed by atoms with E-state index in [2.05, 4.69) is 29.7 Å². The van der Waals surface area contributed by atoms with E-state index in [4.69, 9.17) is 10.3 Å². The number of aromatic nitrogens is 4. The molecule has 4 aromatic rings. The molecule has 35 heavy (non-hydrogen) atoms. The van der Waals surface area contributed by atoms with Gasteiger partial charge in [0.25, 0.3) is 5.91 Å². The molecule has 0 radical (unpaired) electrons. The summed E-state index contributed by atoms with van der Waals surface area (Å²) in [4.78, 5) is 25.7. The molecule has 0 saturated carbocycles. The van der Waals surface area contributed by atoms with Crippen LogP contribution in [-0.2, 0) is 0 Å². The van der Waals surface area contributed by atoms with Crippen LogP contribution >= 0.6 is 11.9 Å². The number of pyridine rings is 1. The van der Waals surface area contributed by atoms with Gasteiger partial charge in [-0.2, -0.15) is 4.98 Å². The Kier molecular flexibility index (Phi) is 6.34. The average molecular weight is 489 g/mol. The molecule has 0 unspecified atom stereocenters. The molecular formula is C24H24N8O2S. The van der Waals surface area contributed by atoms with E-state index < -0.39 is 0 Å². The summed E-state index contributed by atoms with van der Waals surface area (Å²) in [6.45, 7) is 3.46. The van der Waals surface area contributed by atoms with E-state index >= 15 is 0 Å². The maximum Gasteiger partial charge on any atom is 0.274 e. The Hall–Kier alpha value is -3.96. The van der Waals surface area contributed by atoms with Crippen LogP contribution in [0, 0.1) is 6.92 Å². The van der Waals surface area contributed by atoms with Crippen LogP contribution in [0.25, 0.3) is 17.0 Å². The zero-order valence-electron chi connectivity index (χ0n) is 19.3. The number of hydrogen-bond acceptors (Lipinski definition) is 9. The molecule has 0 aliphatic carbocycles. The smallest absolute Gasteiger partial charge is 0.274 e. The summed E-state index contributed by atoms with van der Waals surface area (Å²) < 4.78 is 9.42. The lowest BCUT2D eigenvalue weighted by molar-refractivity contribution is 0.102. The fourth-order valence-corrected chi connectivity index (χ4v) is 4.63. The number of rotatable bonds is 7. The van der Waals surface area contributed by atoms with Crippen molar-refractivity contribution < 1.29 is 9.32 Å². The van der Waals surface area contributed by atoms with Crippen molar-refractivity contribution in [3.05, 3.63) is 77.0 Å². The molecule has 4 heterocycles. The van der Waals surface area contributed by atoms with E-state index in [0.29, 0.717) is 33.8 Å². The second kappa shape index (κ2) is 9.72. The number of allylic oxidation sites excluding steroid dienone is 1. The summed E-state index contributed by atoms with van der Waals surface area (Å²) >= 11 is 1.48. The highest BCUT2D eigenvalue weighted by atomic mass is 32.2. The van der Waals surface area contributed by atoms with Crippen LogP contribution in [0.2, 0.25) is 0 Å². The van der Waals surface area contributed by atoms with E-state index in [1.807, 2.05) is 49.5 Å². The standard InChI is InChI=1S/C24H24N8O2S/c1-15-6-7-16(11-18(15)28-23(33)19-12-27-21-5-3-4-10-32(19)21)22-29-24(34-30-22)17-13-31(14-17)35-20(25)8-9-26-2/h3-12,17H,13-14,25H2,1-2H3,(H,28,33). The van der Waals surface area contributed by atoms with Crippen LogP contribution < -0.4 is 11.1 Å². The summed E-state index contributed by atoms with van der Waals surface area (Å²) in [5.74, 6) is 0.973. The molecule has 1 saturated heterocycles. The Bertz CT molecular complexity index is 1430. The van der Waals surface area contributed by atoms with E-state index in [-0.39, 0.29) is 11.8 Å². The Labute approximate surface area is 206 Å². The average Bonchev–Trinajstić information content (AvgIpc) is 3.49. The van der Waals surface area contributed by atoms with Gasteiger partial charge in [-0.1, -0.05) is 23.4 Å². The predicted octanol–water partition coefficient (Wildman–Crippen LogP) is 3.49. The van der Waals surface area contributed by atoms with Gasteiger partial charge in [0.15, 0.2) is 0 Å². The number of nitrogens with one attached hydrogen (secondary N) is 1. The SMILES string of the molecule is CN=CC=C(N)SN1CC(c2nc(-c3ccc(C)c(NC(=O)c4cnc5ccccn45)c3)no2)C1. The lowest BCUT2D eigenvalue weighted by Crippen LogP contribution is -2.40. The minimum absolute atomic E-state index is 0.149. The van der Waals surface area contributed by atoms with E-state index in [9.17, 15) is 4.79 Å². The molecule has 10 nitrogen and oxygen atoms in total. The monoisotopic (exact) mass is 488 g/mol. The normalized spacial score (nSPS) is 15.1. The van der Waals surface area contributed by atoms with Crippen molar-refractivity contribution >= 4 is 35.4 Å². The highest BCUT2D eigenvalue weighted by molar-refractivity contribution is 8.00. The number of imidazole rings is 1. The maximum absolute atomic E-state index is 12.9. The molecule has 178 valence electrons. The molecular weight excluding hydrogens is 464 g/mol. The number of anilines is 1. The molecule has 0 bridgehead atoms. The minimum atomic E-state index is -0.247. The van der Waals surface area contributed by atoms with Gasteiger partial charge in [-0.25, -0.2) is 9.29 Å². The number of amides is 1. The van der Waals surface area contributed by atoms with Gasteiger partial charge in [-0.05, 0) is 48.7 Å². The molecule has 1 fully saturated rings. The van der Waals surface area contributed by atoms with Crippen LogP contribution in [-0.4, -0.2) is 56.1 Å². The lowest BCUT2D eigenvalue weighted by Gasteiger charge is -2.35. The molecule has 0 spiro atoms. The first kappa shape index (κ1) is 22.8. The van der Waals surface area contributed by atoms with Crippen molar-refractivity contribution in [2.45, 2.75) is 12.8 Å². The number of nitrogens with two attached hydrogens (primary N) is 1. The summed E-state index contributed by atoms with van der Waals surface area (Å²) in [5.41, 5.74) is 9.48. The number of nitrogens with zero attached hydrogens (tertiary/aromatic N) is 6. The Morgan fingerprint density at radius 3 is 3.00 bits per heavy atom. The van der Waals surface area contributed by atoms with Gasteiger partial charge < -0.3 is 15.6 Å². The molecule has 1 aliphatic heterocycles. The number of benzene rings is 1. The highest BCUT2D eigenvalue weighted by Gasteiger charge is 2.33. The Balaban J connectivity index is 1.27. The van der Waals surface area contributed by atoms with Crippen molar-refractivity contribution in [3.8, 4) is 11.4 Å². The van der Waals surface area contributed by atoms with Gasteiger partial charge in [0, 0.05) is 43.8 Å². The van der Waals surface area contributed by atoms with Gasteiger partial charge in [0.1, 0.15) is 11.3 Å². The van der Waals surface area contributed by atoms with Crippen LogP contribution in [0.4, 0.5) is 5.69 Å². The van der Waals surface area contributed by atoms with Gasteiger partial charge in [-0.15, -0.1) is 0 Å². The molecule has 1 aromatic carbocycles. The third-order valence-corrected chi connectivity index (χ3v) is 6.56. The molecule has 0 atom stereocenters. The first-order valence-corrected chi connectivity index (χ1v) is 11.8. The number of hydrogen-bond donors (Lipinski definition) is 2. The zero-order chi connectivity index (χ0) is 24.4. The van der Waals surface area contributed by atoms with Crippen LogP contribution in [0.1, 0.15) is 27.9 Å². The topological polar surface area (TPSA) is 127 Å². The summed E-state index contributed by atoms with van der Waals surface area (Å²) in [7, 11) is 1.70.